The van der Waals surface area contributed by atoms with Crippen molar-refractivity contribution in [2.75, 3.05) is 0 Å². The van der Waals surface area contributed by atoms with E-state index in [0.29, 0.717) is 0 Å². The second-order valence-electron chi connectivity index (χ2n) is 8.43. The quantitative estimate of drug-likeness (QED) is 0.374. The summed E-state index contributed by atoms with van der Waals surface area (Å²) in [5, 5.41) is 2.44. The van der Waals surface area contributed by atoms with Crippen molar-refractivity contribution in [1.29, 1.82) is 0 Å². The highest BCUT2D eigenvalue weighted by atomic mass is 16.5. The average molecular weight is 435 g/mol. The van der Waals surface area contributed by atoms with E-state index in [1.165, 1.54) is 21.9 Å². The Bertz CT molecular complexity index is 1490. The summed E-state index contributed by atoms with van der Waals surface area (Å²) in [7, 11) is 6.18. The van der Waals surface area contributed by atoms with Crippen LogP contribution in [-0.4, -0.2) is 0 Å². The standard InChI is InChI=1S/C29H28N3O/c1-21-11-5-8-14-24(21)25-15-9-17-28(31(25)3)33-29-18-10-16-26(32(29)4)27-19-22-12-6-7-13-23(22)20-30(27)2/h5-20H,1-4H3/q+3. The Balaban J connectivity index is 1.56. The predicted octanol–water partition coefficient (Wildman–Crippen LogP) is 4.75. The Morgan fingerprint density at radius 2 is 1.18 bits per heavy atom. The third-order valence-electron chi connectivity index (χ3n) is 6.26. The first-order valence-corrected chi connectivity index (χ1v) is 11.1. The predicted molar refractivity (Wildman–Crippen MR) is 130 cm³/mol. The average Bonchev–Trinajstić information content (AvgIpc) is 2.82. The van der Waals surface area contributed by atoms with Gasteiger partial charge in [-0.05, 0) is 42.1 Å². The molecule has 0 aliphatic carbocycles. The second kappa shape index (κ2) is 8.47. The Morgan fingerprint density at radius 3 is 1.91 bits per heavy atom. The van der Waals surface area contributed by atoms with E-state index in [1.54, 1.807) is 0 Å². The van der Waals surface area contributed by atoms with E-state index >= 15 is 0 Å². The number of aryl methyl sites for hydroxylation is 2. The molecule has 0 amide bonds. The SMILES string of the molecule is Cc1ccccc1-c1cccc(Oc2cccc(-c3cc4ccccc4c[n+]3C)[n+]2C)[n+]1C. The van der Waals surface area contributed by atoms with E-state index < -0.39 is 0 Å². The van der Waals surface area contributed by atoms with Crippen molar-refractivity contribution in [3.63, 3.8) is 0 Å². The van der Waals surface area contributed by atoms with Crippen molar-refractivity contribution in [1.82, 2.24) is 0 Å². The zero-order chi connectivity index (χ0) is 22.9. The lowest BCUT2D eigenvalue weighted by atomic mass is 10.1. The molecule has 4 nitrogen and oxygen atoms in total. The summed E-state index contributed by atoms with van der Waals surface area (Å²) in [6.45, 7) is 2.13. The van der Waals surface area contributed by atoms with Crippen LogP contribution in [0.15, 0.2) is 97.2 Å². The maximum absolute atomic E-state index is 6.45. The van der Waals surface area contributed by atoms with Crippen LogP contribution in [0, 0.1) is 6.92 Å². The van der Waals surface area contributed by atoms with Gasteiger partial charge in [-0.25, -0.2) is 0 Å². The minimum atomic E-state index is 0.776. The molecule has 4 heteroatoms. The highest BCUT2D eigenvalue weighted by Crippen LogP contribution is 2.24. The zero-order valence-electron chi connectivity index (χ0n) is 19.5. The summed E-state index contributed by atoms with van der Waals surface area (Å²) in [6, 6.07) is 31.4. The molecule has 0 bridgehead atoms. The van der Waals surface area contributed by atoms with Gasteiger partial charge in [-0.15, -0.1) is 0 Å². The molecule has 3 heterocycles. The number of nitrogens with zero attached hydrogens (tertiary/aromatic N) is 3. The van der Waals surface area contributed by atoms with Gasteiger partial charge in [0, 0.05) is 29.1 Å². The summed E-state index contributed by atoms with van der Waals surface area (Å²) >= 11 is 0. The fourth-order valence-electron chi connectivity index (χ4n) is 4.37. The first kappa shape index (κ1) is 20.8. The maximum Gasteiger partial charge on any atom is 0.377 e. The topological polar surface area (TPSA) is 20.9 Å². The van der Waals surface area contributed by atoms with E-state index in [9.17, 15) is 0 Å². The summed E-state index contributed by atoms with van der Waals surface area (Å²) < 4.78 is 12.8. The highest BCUT2D eigenvalue weighted by Gasteiger charge is 2.26. The van der Waals surface area contributed by atoms with Crippen LogP contribution in [0.1, 0.15) is 5.56 Å². The van der Waals surface area contributed by atoms with E-state index in [1.807, 2.05) is 38.4 Å². The molecule has 0 atom stereocenters. The number of benzene rings is 2. The Morgan fingerprint density at radius 1 is 0.576 bits per heavy atom. The first-order valence-electron chi connectivity index (χ1n) is 11.1. The number of rotatable bonds is 4. The number of hydrogen-bond donors (Lipinski definition) is 0. The van der Waals surface area contributed by atoms with Crippen LogP contribution in [-0.2, 0) is 21.1 Å². The zero-order valence-corrected chi connectivity index (χ0v) is 19.5. The minimum absolute atomic E-state index is 0.776. The van der Waals surface area contributed by atoms with E-state index in [-0.39, 0.29) is 0 Å². The number of hydrogen-bond acceptors (Lipinski definition) is 1. The van der Waals surface area contributed by atoms with Crippen molar-refractivity contribution < 1.29 is 18.4 Å². The van der Waals surface area contributed by atoms with Crippen molar-refractivity contribution in [2.45, 2.75) is 6.92 Å². The molecule has 0 spiro atoms. The van der Waals surface area contributed by atoms with Gasteiger partial charge in [0.25, 0.3) is 11.4 Å². The largest absolute Gasteiger partial charge is 0.377 e. The Labute approximate surface area is 194 Å². The van der Waals surface area contributed by atoms with Crippen LogP contribution >= 0.6 is 0 Å². The number of fused-ring (bicyclic) bond motifs is 1. The molecule has 0 N–H and O–H groups in total. The molecule has 33 heavy (non-hydrogen) atoms. The molecular weight excluding hydrogens is 406 g/mol. The molecule has 5 aromatic rings. The highest BCUT2D eigenvalue weighted by molar-refractivity contribution is 5.83. The van der Waals surface area contributed by atoms with Gasteiger partial charge in [-0.3, -0.25) is 0 Å². The minimum Gasteiger partial charge on any atom is -0.348 e. The summed E-state index contributed by atoms with van der Waals surface area (Å²) in [4.78, 5) is 0. The fourth-order valence-corrected chi connectivity index (χ4v) is 4.37. The molecule has 2 aromatic carbocycles. The number of pyridine rings is 3. The normalized spacial score (nSPS) is 11.0. The second-order valence-corrected chi connectivity index (χ2v) is 8.43. The van der Waals surface area contributed by atoms with Crippen LogP contribution in [0.2, 0.25) is 0 Å². The molecule has 5 rings (SSSR count). The first-order chi connectivity index (χ1) is 16.0. The maximum atomic E-state index is 6.45. The van der Waals surface area contributed by atoms with E-state index in [4.69, 9.17) is 4.74 Å². The van der Waals surface area contributed by atoms with E-state index in [2.05, 4.69) is 101 Å². The molecule has 0 saturated heterocycles. The molecule has 0 aliphatic heterocycles. The molecule has 3 aromatic heterocycles. The van der Waals surface area contributed by atoms with Gasteiger partial charge in [0.05, 0.1) is 12.1 Å². The molecule has 0 aliphatic rings. The van der Waals surface area contributed by atoms with Gasteiger partial charge in [-0.1, -0.05) is 36.4 Å². The van der Waals surface area contributed by atoms with Gasteiger partial charge in [-0.2, -0.15) is 13.7 Å². The van der Waals surface area contributed by atoms with Crippen LogP contribution in [0.3, 0.4) is 0 Å². The van der Waals surface area contributed by atoms with Crippen LogP contribution < -0.4 is 18.4 Å². The van der Waals surface area contributed by atoms with Crippen molar-refractivity contribution in [3.05, 3.63) is 103 Å². The fraction of sp³-hybridized carbons (Fsp3) is 0.138. The number of aromatic nitrogens is 3. The number of ether oxygens (including phenoxy) is 1. The van der Waals surface area contributed by atoms with Gasteiger partial charge in [0.15, 0.2) is 6.20 Å². The molecule has 0 saturated carbocycles. The molecule has 0 fully saturated rings. The molecule has 0 radical (unpaired) electrons. The summed E-state index contributed by atoms with van der Waals surface area (Å²) in [6.07, 6.45) is 2.17. The Hall–Kier alpha value is -4.05. The smallest absolute Gasteiger partial charge is 0.348 e. The van der Waals surface area contributed by atoms with Crippen LogP contribution in [0.5, 0.6) is 11.8 Å². The van der Waals surface area contributed by atoms with Gasteiger partial charge in [0.1, 0.15) is 21.1 Å². The lowest BCUT2D eigenvalue weighted by molar-refractivity contribution is -0.698. The molecule has 0 unspecified atom stereocenters. The van der Waals surface area contributed by atoms with Gasteiger partial charge in [0.2, 0.25) is 5.69 Å². The lowest BCUT2D eigenvalue weighted by Crippen LogP contribution is -2.40. The van der Waals surface area contributed by atoms with Gasteiger partial charge >= 0.3 is 11.8 Å². The summed E-state index contributed by atoms with van der Waals surface area (Å²) in [5.41, 5.74) is 5.76. The Kier molecular flexibility index (Phi) is 5.35. The third kappa shape index (κ3) is 3.85. The molecular formula is C29H28N3O+3. The third-order valence-corrected chi connectivity index (χ3v) is 6.26. The van der Waals surface area contributed by atoms with Crippen molar-refractivity contribution in [3.8, 4) is 34.4 Å². The van der Waals surface area contributed by atoms with Crippen molar-refractivity contribution in [2.24, 2.45) is 21.1 Å². The van der Waals surface area contributed by atoms with Crippen LogP contribution in [0.25, 0.3) is 33.4 Å². The monoisotopic (exact) mass is 434 g/mol. The van der Waals surface area contributed by atoms with Crippen LogP contribution in [0.4, 0.5) is 0 Å². The molecule has 162 valence electrons. The summed E-state index contributed by atoms with van der Waals surface area (Å²) in [5.74, 6) is 1.56. The lowest BCUT2D eigenvalue weighted by Gasteiger charge is -2.08. The van der Waals surface area contributed by atoms with Crippen molar-refractivity contribution >= 4 is 10.8 Å². The van der Waals surface area contributed by atoms with E-state index in [0.717, 1.165) is 28.8 Å². The van der Waals surface area contributed by atoms with Gasteiger partial charge < -0.3 is 4.74 Å².